The number of benzene rings is 2. The van der Waals surface area contributed by atoms with Crippen LogP contribution in [0.1, 0.15) is 68.6 Å². The molecule has 0 saturated heterocycles. The highest BCUT2D eigenvalue weighted by Gasteiger charge is 2.40. The molecule has 0 spiro atoms. The summed E-state index contributed by atoms with van der Waals surface area (Å²) in [5.41, 5.74) is 9.22. The molecule has 130 valence electrons. The standard InChI is InChI=1S/C25H30/c1-4-6-7-13-18-25(3)19-21-16-11-12-17-22(21)24(23(25)5-2)20-14-9-8-10-15-20/h8-12,14-17,24H,2,4,6-7,13,18-19H2,1,3H3. The minimum absolute atomic E-state index is 0.157. The zero-order chi connectivity index (χ0) is 17.7. The number of hydrogen-bond acceptors (Lipinski definition) is 0. The van der Waals surface area contributed by atoms with E-state index < -0.39 is 0 Å². The van der Waals surface area contributed by atoms with E-state index in [0.29, 0.717) is 5.92 Å². The van der Waals surface area contributed by atoms with Gasteiger partial charge in [0.05, 0.1) is 0 Å². The van der Waals surface area contributed by atoms with Crippen molar-refractivity contribution in [2.24, 2.45) is 5.41 Å². The summed E-state index contributed by atoms with van der Waals surface area (Å²) in [6, 6.07) is 19.8. The first-order valence-electron chi connectivity index (χ1n) is 9.73. The highest BCUT2D eigenvalue weighted by atomic mass is 14.4. The third-order valence-electron chi connectivity index (χ3n) is 5.79. The van der Waals surface area contributed by atoms with Crippen molar-refractivity contribution in [2.45, 2.75) is 58.3 Å². The van der Waals surface area contributed by atoms with Crippen LogP contribution in [0.2, 0.25) is 0 Å². The molecule has 2 atom stereocenters. The second-order valence-electron chi connectivity index (χ2n) is 7.68. The Morgan fingerprint density at radius 2 is 1.72 bits per heavy atom. The maximum atomic E-state index is 4.11. The summed E-state index contributed by atoms with van der Waals surface area (Å²) in [6.45, 7) is 8.82. The van der Waals surface area contributed by atoms with Gasteiger partial charge in [-0.05, 0) is 35.1 Å². The van der Waals surface area contributed by atoms with Crippen LogP contribution in [-0.2, 0) is 6.42 Å². The summed E-state index contributed by atoms with van der Waals surface area (Å²) in [7, 11) is 0. The van der Waals surface area contributed by atoms with E-state index in [1.54, 1.807) is 0 Å². The predicted octanol–water partition coefficient (Wildman–Crippen LogP) is 7.06. The van der Waals surface area contributed by atoms with Crippen molar-refractivity contribution in [3.05, 3.63) is 89.2 Å². The van der Waals surface area contributed by atoms with Crippen LogP contribution in [0.25, 0.3) is 0 Å². The van der Waals surface area contributed by atoms with Crippen molar-refractivity contribution in [3.63, 3.8) is 0 Å². The van der Waals surface area contributed by atoms with Crippen LogP contribution < -0.4 is 0 Å². The van der Waals surface area contributed by atoms with Gasteiger partial charge >= 0.3 is 0 Å². The average molecular weight is 331 g/mol. The quantitative estimate of drug-likeness (QED) is 0.393. The van der Waals surface area contributed by atoms with Crippen molar-refractivity contribution < 1.29 is 0 Å². The fourth-order valence-corrected chi connectivity index (χ4v) is 4.47. The smallest absolute Gasteiger partial charge is 0.0382 e. The van der Waals surface area contributed by atoms with E-state index in [9.17, 15) is 0 Å². The molecule has 0 heteroatoms. The molecule has 2 aromatic carbocycles. The van der Waals surface area contributed by atoms with Crippen LogP contribution in [0, 0.1) is 5.41 Å². The van der Waals surface area contributed by atoms with E-state index in [2.05, 4.69) is 80.8 Å². The van der Waals surface area contributed by atoms with Gasteiger partial charge in [0, 0.05) is 11.3 Å². The first-order valence-corrected chi connectivity index (χ1v) is 9.73. The normalized spacial score (nSPS) is 22.3. The van der Waals surface area contributed by atoms with Crippen molar-refractivity contribution in [2.75, 3.05) is 0 Å². The predicted molar refractivity (Wildman–Crippen MR) is 108 cm³/mol. The Morgan fingerprint density at radius 1 is 1.00 bits per heavy atom. The lowest BCUT2D eigenvalue weighted by Gasteiger charge is -2.42. The molecule has 25 heavy (non-hydrogen) atoms. The number of hydrogen-bond donors (Lipinski definition) is 0. The molecule has 0 aliphatic heterocycles. The summed E-state index contributed by atoms with van der Waals surface area (Å²) in [6.07, 6.45) is 7.57. The molecular formula is C25H30. The third-order valence-corrected chi connectivity index (χ3v) is 5.79. The number of fused-ring (bicyclic) bond motifs is 1. The van der Waals surface area contributed by atoms with Crippen LogP contribution >= 0.6 is 0 Å². The monoisotopic (exact) mass is 330 g/mol. The molecule has 0 nitrogen and oxygen atoms in total. The third kappa shape index (κ3) is 3.65. The SMILES string of the molecule is C=C=C1C(c2ccccc2)c2ccccc2CC1(C)CCCCCC. The Bertz CT molecular complexity index is 749. The zero-order valence-electron chi connectivity index (χ0n) is 15.7. The minimum atomic E-state index is 0.157. The summed E-state index contributed by atoms with van der Waals surface area (Å²) >= 11 is 0. The Balaban J connectivity index is 2.02. The van der Waals surface area contributed by atoms with Crippen LogP contribution in [0.3, 0.4) is 0 Å². The molecule has 1 aliphatic carbocycles. The molecule has 0 N–H and O–H groups in total. The van der Waals surface area contributed by atoms with E-state index in [1.807, 2.05) is 0 Å². The van der Waals surface area contributed by atoms with Crippen LogP contribution in [0.5, 0.6) is 0 Å². The van der Waals surface area contributed by atoms with Crippen molar-refractivity contribution in [1.29, 1.82) is 0 Å². The van der Waals surface area contributed by atoms with E-state index in [0.717, 1.165) is 6.42 Å². The maximum Gasteiger partial charge on any atom is 0.0382 e. The van der Waals surface area contributed by atoms with Gasteiger partial charge in [-0.2, -0.15) is 0 Å². The summed E-state index contributed by atoms with van der Waals surface area (Å²) in [5, 5.41) is 0. The second kappa shape index (κ2) is 7.89. The van der Waals surface area contributed by atoms with Gasteiger partial charge in [-0.15, -0.1) is 5.73 Å². The molecule has 2 unspecified atom stereocenters. The fourth-order valence-electron chi connectivity index (χ4n) is 4.47. The van der Waals surface area contributed by atoms with Crippen LogP contribution in [0.15, 0.2) is 72.5 Å². The maximum absolute atomic E-state index is 4.11. The Hall–Kier alpha value is -2.04. The van der Waals surface area contributed by atoms with Gasteiger partial charge in [-0.1, -0.05) is 101 Å². The molecule has 0 aromatic heterocycles. The van der Waals surface area contributed by atoms with Gasteiger partial charge in [0.15, 0.2) is 0 Å². The van der Waals surface area contributed by atoms with E-state index in [1.165, 1.54) is 54.4 Å². The minimum Gasteiger partial charge on any atom is -0.128 e. The van der Waals surface area contributed by atoms with E-state index >= 15 is 0 Å². The molecular weight excluding hydrogens is 300 g/mol. The van der Waals surface area contributed by atoms with Gasteiger partial charge in [0.25, 0.3) is 0 Å². The number of rotatable bonds is 6. The summed E-state index contributed by atoms with van der Waals surface area (Å²) in [5.74, 6) is 0.292. The topological polar surface area (TPSA) is 0 Å². The highest BCUT2D eigenvalue weighted by Crippen LogP contribution is 2.51. The molecule has 0 saturated carbocycles. The second-order valence-corrected chi connectivity index (χ2v) is 7.68. The van der Waals surface area contributed by atoms with Crippen molar-refractivity contribution >= 4 is 0 Å². The molecule has 0 radical (unpaired) electrons. The van der Waals surface area contributed by atoms with Crippen molar-refractivity contribution in [3.8, 4) is 0 Å². The lowest BCUT2D eigenvalue weighted by atomic mass is 9.61. The summed E-state index contributed by atoms with van der Waals surface area (Å²) in [4.78, 5) is 0. The van der Waals surface area contributed by atoms with Crippen molar-refractivity contribution in [1.82, 2.24) is 0 Å². The van der Waals surface area contributed by atoms with Gasteiger partial charge in [-0.25, -0.2) is 0 Å². The fraction of sp³-hybridized carbons (Fsp3) is 0.400. The van der Waals surface area contributed by atoms with Crippen LogP contribution in [0.4, 0.5) is 0 Å². The van der Waals surface area contributed by atoms with Gasteiger partial charge in [0.2, 0.25) is 0 Å². The Labute approximate surface area is 153 Å². The molecule has 0 fully saturated rings. The molecule has 3 rings (SSSR count). The summed E-state index contributed by atoms with van der Waals surface area (Å²) < 4.78 is 0. The first kappa shape index (κ1) is 17.8. The van der Waals surface area contributed by atoms with E-state index in [4.69, 9.17) is 0 Å². The molecule has 0 amide bonds. The van der Waals surface area contributed by atoms with Gasteiger partial charge in [-0.3, -0.25) is 0 Å². The zero-order valence-corrected chi connectivity index (χ0v) is 15.7. The number of unbranched alkanes of at least 4 members (excludes halogenated alkanes) is 3. The van der Waals surface area contributed by atoms with E-state index in [-0.39, 0.29) is 5.41 Å². The average Bonchev–Trinajstić information content (AvgIpc) is 2.65. The molecule has 0 bridgehead atoms. The van der Waals surface area contributed by atoms with Crippen LogP contribution in [-0.4, -0.2) is 0 Å². The lowest BCUT2D eigenvalue weighted by molar-refractivity contribution is 0.318. The van der Waals surface area contributed by atoms with Gasteiger partial charge < -0.3 is 0 Å². The highest BCUT2D eigenvalue weighted by molar-refractivity contribution is 5.50. The largest absolute Gasteiger partial charge is 0.128 e. The lowest BCUT2D eigenvalue weighted by Crippen LogP contribution is -2.32. The molecule has 0 heterocycles. The molecule has 2 aromatic rings. The number of allylic oxidation sites excluding steroid dienone is 1. The first-order chi connectivity index (χ1) is 12.2. The Kier molecular flexibility index (Phi) is 5.61. The van der Waals surface area contributed by atoms with Gasteiger partial charge in [0.1, 0.15) is 0 Å². The molecule has 1 aliphatic rings. The Morgan fingerprint density at radius 3 is 2.44 bits per heavy atom.